The zero-order chi connectivity index (χ0) is 17.1. The predicted octanol–water partition coefficient (Wildman–Crippen LogP) is 0.694. The Morgan fingerprint density at radius 3 is 2.58 bits per heavy atom. The van der Waals surface area contributed by atoms with E-state index in [0.717, 1.165) is 37.3 Å². The van der Waals surface area contributed by atoms with E-state index >= 15 is 0 Å². The predicted molar refractivity (Wildman–Crippen MR) is 88.1 cm³/mol. The second kappa shape index (κ2) is 6.98. The highest BCUT2D eigenvalue weighted by Crippen LogP contribution is 2.27. The van der Waals surface area contributed by atoms with Crippen molar-refractivity contribution >= 4 is 23.5 Å². The molecule has 0 radical (unpaired) electrons. The first-order chi connectivity index (χ1) is 11.5. The molecule has 3 heterocycles. The molecular formula is C17H22N4O3. The lowest BCUT2D eigenvalue weighted by molar-refractivity contribution is -0.134. The average Bonchev–Trinajstić information content (AvgIpc) is 2.55. The highest BCUT2D eigenvalue weighted by molar-refractivity contribution is 6.00. The molecule has 2 saturated heterocycles. The van der Waals surface area contributed by atoms with E-state index in [9.17, 15) is 14.4 Å². The second-order valence-electron chi connectivity index (χ2n) is 6.55. The summed E-state index contributed by atoms with van der Waals surface area (Å²) in [5.74, 6) is 0.253. The van der Waals surface area contributed by atoms with Crippen LogP contribution in [-0.4, -0.2) is 35.8 Å². The van der Waals surface area contributed by atoms with Gasteiger partial charge in [0, 0.05) is 32.1 Å². The summed E-state index contributed by atoms with van der Waals surface area (Å²) in [6.45, 7) is 1.70. The number of amides is 3. The number of rotatable bonds is 4. The fourth-order valence-corrected chi connectivity index (χ4v) is 3.45. The summed E-state index contributed by atoms with van der Waals surface area (Å²) in [6, 6.07) is 3.84. The number of aromatic nitrogens is 1. The lowest BCUT2D eigenvalue weighted by Crippen LogP contribution is -2.39. The molecule has 0 aromatic carbocycles. The van der Waals surface area contributed by atoms with Crippen LogP contribution in [0.2, 0.25) is 0 Å². The van der Waals surface area contributed by atoms with E-state index in [1.807, 2.05) is 12.1 Å². The average molecular weight is 330 g/mol. The summed E-state index contributed by atoms with van der Waals surface area (Å²) in [7, 11) is 0. The third-order valence-corrected chi connectivity index (χ3v) is 4.84. The quantitative estimate of drug-likeness (QED) is 0.790. The molecule has 3 N–H and O–H groups in total. The number of hydrogen-bond acceptors (Lipinski definition) is 5. The van der Waals surface area contributed by atoms with Crippen molar-refractivity contribution in [2.45, 2.75) is 38.0 Å². The molecule has 0 bridgehead atoms. The number of nitrogens with two attached hydrogens (primary N) is 1. The summed E-state index contributed by atoms with van der Waals surface area (Å²) in [6.07, 6.45) is 4.94. The van der Waals surface area contributed by atoms with Crippen LogP contribution in [0.15, 0.2) is 18.3 Å². The van der Waals surface area contributed by atoms with E-state index in [1.165, 1.54) is 0 Å². The Kier molecular flexibility index (Phi) is 4.78. The van der Waals surface area contributed by atoms with E-state index in [0.29, 0.717) is 25.2 Å². The van der Waals surface area contributed by atoms with Crippen molar-refractivity contribution in [1.29, 1.82) is 0 Å². The SMILES string of the molecule is NC(=O)CC1CCN(c2ccc(C3CCC(=O)NC3=O)cn2)CC1. The van der Waals surface area contributed by atoms with Gasteiger partial charge in [-0.05, 0) is 36.8 Å². The molecule has 3 rings (SSSR count). The van der Waals surface area contributed by atoms with Crippen LogP contribution < -0.4 is 16.0 Å². The number of carbonyl (C=O) groups excluding carboxylic acids is 3. The number of pyridine rings is 1. The molecule has 1 unspecified atom stereocenters. The van der Waals surface area contributed by atoms with Crippen molar-refractivity contribution in [2.24, 2.45) is 11.7 Å². The summed E-state index contributed by atoms with van der Waals surface area (Å²) < 4.78 is 0. The lowest BCUT2D eigenvalue weighted by Gasteiger charge is -2.32. The Balaban J connectivity index is 1.60. The van der Waals surface area contributed by atoms with Gasteiger partial charge in [-0.15, -0.1) is 0 Å². The molecule has 0 saturated carbocycles. The topological polar surface area (TPSA) is 105 Å². The van der Waals surface area contributed by atoms with Crippen LogP contribution in [0, 0.1) is 5.92 Å². The zero-order valence-electron chi connectivity index (χ0n) is 13.5. The first kappa shape index (κ1) is 16.4. The normalized spacial score (nSPS) is 22.3. The van der Waals surface area contributed by atoms with E-state index in [4.69, 9.17) is 5.73 Å². The summed E-state index contributed by atoms with van der Waals surface area (Å²) >= 11 is 0. The number of hydrogen-bond donors (Lipinski definition) is 2. The van der Waals surface area contributed by atoms with Gasteiger partial charge in [-0.3, -0.25) is 19.7 Å². The van der Waals surface area contributed by atoms with Gasteiger partial charge < -0.3 is 10.6 Å². The number of nitrogens with one attached hydrogen (secondary N) is 1. The molecule has 0 aliphatic carbocycles. The largest absolute Gasteiger partial charge is 0.370 e. The number of piperidine rings is 2. The maximum atomic E-state index is 11.9. The van der Waals surface area contributed by atoms with Gasteiger partial charge in [-0.25, -0.2) is 4.98 Å². The molecule has 1 aromatic heterocycles. The summed E-state index contributed by atoms with van der Waals surface area (Å²) in [5.41, 5.74) is 6.10. The molecule has 2 aliphatic rings. The van der Waals surface area contributed by atoms with Gasteiger partial charge in [0.1, 0.15) is 5.82 Å². The molecule has 7 nitrogen and oxygen atoms in total. The fraction of sp³-hybridized carbons (Fsp3) is 0.529. The molecule has 1 atom stereocenters. The van der Waals surface area contributed by atoms with Gasteiger partial charge in [-0.1, -0.05) is 6.07 Å². The molecule has 2 aliphatic heterocycles. The minimum absolute atomic E-state index is 0.209. The van der Waals surface area contributed by atoms with E-state index in [1.54, 1.807) is 6.20 Å². The maximum Gasteiger partial charge on any atom is 0.234 e. The van der Waals surface area contributed by atoms with Crippen LogP contribution in [0.3, 0.4) is 0 Å². The third kappa shape index (κ3) is 3.72. The Morgan fingerprint density at radius 2 is 2.00 bits per heavy atom. The van der Waals surface area contributed by atoms with Crippen molar-refractivity contribution in [3.8, 4) is 0 Å². The Hall–Kier alpha value is -2.44. The Labute approximate surface area is 140 Å². The second-order valence-corrected chi connectivity index (χ2v) is 6.55. The molecule has 0 spiro atoms. The van der Waals surface area contributed by atoms with Crippen molar-refractivity contribution < 1.29 is 14.4 Å². The molecule has 1 aromatic rings. The molecule has 24 heavy (non-hydrogen) atoms. The maximum absolute atomic E-state index is 11.9. The molecule has 7 heteroatoms. The van der Waals surface area contributed by atoms with Crippen LogP contribution in [0.1, 0.15) is 43.6 Å². The number of anilines is 1. The molecular weight excluding hydrogens is 308 g/mol. The number of imide groups is 1. The van der Waals surface area contributed by atoms with Crippen LogP contribution in [0.25, 0.3) is 0 Å². The third-order valence-electron chi connectivity index (χ3n) is 4.84. The Bertz CT molecular complexity index is 636. The first-order valence-electron chi connectivity index (χ1n) is 8.36. The minimum atomic E-state index is -0.300. The minimum Gasteiger partial charge on any atom is -0.370 e. The van der Waals surface area contributed by atoms with Crippen LogP contribution in [-0.2, 0) is 14.4 Å². The zero-order valence-corrected chi connectivity index (χ0v) is 13.5. The number of carbonyl (C=O) groups is 3. The molecule has 128 valence electrons. The summed E-state index contributed by atoms with van der Waals surface area (Å²) in [4.78, 5) is 40.8. The van der Waals surface area contributed by atoms with Crippen LogP contribution in [0.4, 0.5) is 5.82 Å². The fourth-order valence-electron chi connectivity index (χ4n) is 3.45. The van der Waals surface area contributed by atoms with Crippen molar-refractivity contribution in [3.63, 3.8) is 0 Å². The highest BCUT2D eigenvalue weighted by atomic mass is 16.2. The Morgan fingerprint density at radius 1 is 1.25 bits per heavy atom. The van der Waals surface area contributed by atoms with Gasteiger partial charge in [0.2, 0.25) is 17.7 Å². The highest BCUT2D eigenvalue weighted by Gasteiger charge is 2.28. The first-order valence-corrected chi connectivity index (χ1v) is 8.36. The van der Waals surface area contributed by atoms with E-state index in [2.05, 4.69) is 15.2 Å². The van der Waals surface area contributed by atoms with Gasteiger partial charge >= 0.3 is 0 Å². The van der Waals surface area contributed by atoms with Crippen LogP contribution in [0.5, 0.6) is 0 Å². The standard InChI is InChI=1S/C17H22N4O3/c18-14(22)9-11-5-7-21(8-6-11)15-3-1-12(10-19-15)13-2-4-16(23)20-17(13)24/h1,3,10-11,13H,2,4-9H2,(H2,18,22)(H,20,23,24). The number of primary amides is 1. The summed E-state index contributed by atoms with van der Waals surface area (Å²) in [5, 5.41) is 2.37. The lowest BCUT2D eigenvalue weighted by atomic mass is 9.91. The van der Waals surface area contributed by atoms with E-state index in [-0.39, 0.29) is 23.6 Å². The van der Waals surface area contributed by atoms with Crippen LogP contribution >= 0.6 is 0 Å². The van der Waals surface area contributed by atoms with Crippen molar-refractivity contribution in [1.82, 2.24) is 10.3 Å². The monoisotopic (exact) mass is 330 g/mol. The smallest absolute Gasteiger partial charge is 0.234 e. The number of nitrogens with zero attached hydrogens (tertiary/aromatic N) is 2. The van der Waals surface area contributed by atoms with E-state index < -0.39 is 0 Å². The van der Waals surface area contributed by atoms with Crippen molar-refractivity contribution in [3.05, 3.63) is 23.9 Å². The van der Waals surface area contributed by atoms with Crippen molar-refractivity contribution in [2.75, 3.05) is 18.0 Å². The van der Waals surface area contributed by atoms with Gasteiger partial charge in [0.15, 0.2) is 0 Å². The van der Waals surface area contributed by atoms with Gasteiger partial charge in [0.25, 0.3) is 0 Å². The molecule has 2 fully saturated rings. The van der Waals surface area contributed by atoms with Gasteiger partial charge in [0.05, 0.1) is 5.92 Å². The van der Waals surface area contributed by atoms with Gasteiger partial charge in [-0.2, -0.15) is 0 Å². The molecule has 3 amide bonds.